The van der Waals surface area contributed by atoms with Gasteiger partial charge < -0.3 is 20.4 Å². The number of amides is 4. The summed E-state index contributed by atoms with van der Waals surface area (Å²) < 4.78 is 0. The van der Waals surface area contributed by atoms with Gasteiger partial charge in [0, 0.05) is 32.1 Å². The van der Waals surface area contributed by atoms with Crippen molar-refractivity contribution >= 4 is 29.4 Å². The van der Waals surface area contributed by atoms with E-state index in [1.807, 2.05) is 12.1 Å². The number of piperazine rings is 1. The number of likely N-dealkylation sites (N-methyl/N-ethyl adjacent to an activating group) is 1. The van der Waals surface area contributed by atoms with Gasteiger partial charge in [0.2, 0.25) is 5.91 Å². The lowest BCUT2D eigenvalue weighted by molar-refractivity contribution is -0.128. The van der Waals surface area contributed by atoms with Crippen LogP contribution in [0.3, 0.4) is 0 Å². The predicted molar refractivity (Wildman–Crippen MR) is 104 cm³/mol. The molecule has 3 aliphatic rings. The molecule has 3 fully saturated rings. The molecule has 1 aliphatic carbocycles. The van der Waals surface area contributed by atoms with Crippen LogP contribution in [0, 0.1) is 5.92 Å². The first-order chi connectivity index (χ1) is 13.4. The number of carbonyl (C=O) groups is 3. The van der Waals surface area contributed by atoms with E-state index in [0.29, 0.717) is 31.4 Å². The number of urea groups is 1. The molecule has 1 aromatic rings. The van der Waals surface area contributed by atoms with E-state index in [0.717, 1.165) is 32.0 Å². The second kappa shape index (κ2) is 7.38. The molecule has 3 N–H and O–H groups in total. The largest absolute Gasteiger partial charge is 0.354 e. The minimum Gasteiger partial charge on any atom is -0.354 e. The topological polar surface area (TPSA) is 107 Å². The molecule has 150 valence electrons. The first-order valence-corrected chi connectivity index (χ1v) is 9.79. The number of carbonyl (C=O) groups excluding carboxylic acids is 3. The lowest BCUT2D eigenvalue weighted by atomic mass is 9.76. The van der Waals surface area contributed by atoms with Crippen molar-refractivity contribution in [2.45, 2.75) is 31.2 Å². The van der Waals surface area contributed by atoms with E-state index in [9.17, 15) is 14.4 Å². The monoisotopic (exact) mass is 386 g/mol. The summed E-state index contributed by atoms with van der Waals surface area (Å²) in [7, 11) is 2.11. The molecule has 0 radical (unpaired) electrons. The van der Waals surface area contributed by atoms with Gasteiger partial charge in [0.1, 0.15) is 11.4 Å². The zero-order valence-electron chi connectivity index (χ0n) is 16.0. The molecule has 1 saturated carbocycles. The van der Waals surface area contributed by atoms with Crippen LogP contribution < -0.4 is 20.9 Å². The van der Waals surface area contributed by atoms with Gasteiger partial charge in [-0.05, 0) is 44.9 Å². The van der Waals surface area contributed by atoms with Gasteiger partial charge >= 0.3 is 6.03 Å². The highest BCUT2D eigenvalue weighted by atomic mass is 16.2. The van der Waals surface area contributed by atoms with Gasteiger partial charge in [-0.1, -0.05) is 0 Å². The van der Waals surface area contributed by atoms with Crippen LogP contribution in [0.4, 0.5) is 16.3 Å². The first-order valence-electron chi connectivity index (χ1n) is 9.79. The Hall–Kier alpha value is -2.68. The molecule has 2 aliphatic heterocycles. The number of rotatable bonds is 3. The molecule has 0 atom stereocenters. The molecule has 0 bridgehead atoms. The number of hydrogen-bond acceptors (Lipinski definition) is 6. The lowest BCUT2D eigenvalue weighted by Crippen LogP contribution is -2.50. The summed E-state index contributed by atoms with van der Waals surface area (Å²) in [5.41, 5.74) is -0.158. The Labute approximate surface area is 163 Å². The summed E-state index contributed by atoms with van der Waals surface area (Å²) in [6.45, 7) is 3.93. The molecule has 0 unspecified atom stereocenters. The highest BCUT2D eigenvalue weighted by Gasteiger charge is 2.48. The summed E-state index contributed by atoms with van der Waals surface area (Å²) >= 11 is 0. The number of hydrogen-bond donors (Lipinski definition) is 3. The van der Waals surface area contributed by atoms with E-state index in [-0.39, 0.29) is 17.7 Å². The summed E-state index contributed by atoms with van der Waals surface area (Å²) in [5.74, 6) is 0.413. The summed E-state index contributed by atoms with van der Waals surface area (Å²) in [6.07, 6.45) is 3.77. The predicted octanol–water partition coefficient (Wildman–Crippen LogP) is 0.540. The summed E-state index contributed by atoms with van der Waals surface area (Å²) in [5, 5.41) is 7.94. The van der Waals surface area contributed by atoms with Crippen LogP contribution in [0.25, 0.3) is 0 Å². The zero-order valence-corrected chi connectivity index (χ0v) is 16.0. The van der Waals surface area contributed by atoms with Crippen LogP contribution >= 0.6 is 0 Å². The fraction of sp³-hybridized carbons (Fsp3) is 0.579. The molecule has 28 heavy (non-hydrogen) atoms. The maximum atomic E-state index is 12.6. The van der Waals surface area contributed by atoms with Crippen LogP contribution in [0.5, 0.6) is 0 Å². The van der Waals surface area contributed by atoms with Crippen LogP contribution in [0.1, 0.15) is 25.7 Å². The van der Waals surface area contributed by atoms with Gasteiger partial charge in [-0.3, -0.25) is 14.9 Å². The van der Waals surface area contributed by atoms with Crippen molar-refractivity contribution < 1.29 is 14.4 Å². The average molecular weight is 386 g/mol. The van der Waals surface area contributed by atoms with Crippen molar-refractivity contribution in [2.24, 2.45) is 5.92 Å². The maximum absolute atomic E-state index is 12.6. The Morgan fingerprint density at radius 3 is 2.46 bits per heavy atom. The first kappa shape index (κ1) is 18.7. The number of aromatic nitrogens is 1. The van der Waals surface area contributed by atoms with E-state index in [4.69, 9.17) is 0 Å². The molecule has 2 saturated heterocycles. The standard InChI is InChI=1S/C19H26N6O3/c1-24-8-10-25(11-9-24)15-3-2-14(12-20-15)21-16(26)13-4-6-19(7-5-13)17(27)22-18(28)23-19/h2-3,12-13H,4-11H2,1H3,(H,21,26)(H2,22,23,27,28). The van der Waals surface area contributed by atoms with Gasteiger partial charge in [0.05, 0.1) is 11.9 Å². The second-order valence-corrected chi connectivity index (χ2v) is 7.95. The van der Waals surface area contributed by atoms with Crippen LogP contribution in [0.2, 0.25) is 0 Å². The number of nitrogens with zero attached hydrogens (tertiary/aromatic N) is 3. The SMILES string of the molecule is CN1CCN(c2ccc(NC(=O)C3CCC4(CC3)NC(=O)NC4=O)cn2)CC1. The molecule has 9 heteroatoms. The van der Waals surface area contributed by atoms with E-state index < -0.39 is 11.6 Å². The number of pyridine rings is 1. The number of anilines is 2. The Bertz CT molecular complexity index is 764. The van der Waals surface area contributed by atoms with Gasteiger partial charge in [0.15, 0.2) is 0 Å². The third-order valence-corrected chi connectivity index (χ3v) is 6.07. The lowest BCUT2D eigenvalue weighted by Gasteiger charge is -2.34. The third kappa shape index (κ3) is 3.66. The van der Waals surface area contributed by atoms with Crippen molar-refractivity contribution in [1.29, 1.82) is 0 Å². The van der Waals surface area contributed by atoms with Crippen LogP contribution in [-0.2, 0) is 9.59 Å². The van der Waals surface area contributed by atoms with Crippen LogP contribution in [0.15, 0.2) is 18.3 Å². The molecular formula is C19H26N6O3. The van der Waals surface area contributed by atoms with Gasteiger partial charge in [0.25, 0.3) is 5.91 Å². The van der Waals surface area contributed by atoms with Crippen LogP contribution in [-0.4, -0.2) is 66.5 Å². The minimum absolute atomic E-state index is 0.0614. The fourth-order valence-corrected chi connectivity index (χ4v) is 4.18. The third-order valence-electron chi connectivity index (χ3n) is 6.07. The quantitative estimate of drug-likeness (QED) is 0.655. The number of imide groups is 1. The smallest absolute Gasteiger partial charge is 0.322 e. The van der Waals surface area contributed by atoms with E-state index in [1.54, 1.807) is 6.20 Å². The molecule has 9 nitrogen and oxygen atoms in total. The molecule has 3 heterocycles. The maximum Gasteiger partial charge on any atom is 0.322 e. The van der Waals surface area contributed by atoms with E-state index in [1.165, 1.54) is 0 Å². The molecular weight excluding hydrogens is 360 g/mol. The Balaban J connectivity index is 1.31. The Morgan fingerprint density at radius 2 is 1.89 bits per heavy atom. The van der Waals surface area contributed by atoms with Gasteiger partial charge in [-0.15, -0.1) is 0 Å². The summed E-state index contributed by atoms with van der Waals surface area (Å²) in [6, 6.07) is 3.38. The zero-order chi connectivity index (χ0) is 19.7. The van der Waals surface area contributed by atoms with Crippen molar-refractivity contribution in [1.82, 2.24) is 20.5 Å². The second-order valence-electron chi connectivity index (χ2n) is 7.95. The van der Waals surface area contributed by atoms with Crippen molar-refractivity contribution in [3.8, 4) is 0 Å². The highest BCUT2D eigenvalue weighted by Crippen LogP contribution is 2.34. The summed E-state index contributed by atoms with van der Waals surface area (Å²) in [4.78, 5) is 45.0. The normalized spacial score (nSPS) is 28.2. The van der Waals surface area contributed by atoms with Gasteiger partial charge in [-0.2, -0.15) is 0 Å². The van der Waals surface area contributed by atoms with E-state index in [2.05, 4.69) is 37.8 Å². The molecule has 4 amide bonds. The average Bonchev–Trinajstić information content (AvgIpc) is 2.96. The molecule has 1 aromatic heterocycles. The Morgan fingerprint density at radius 1 is 1.18 bits per heavy atom. The van der Waals surface area contributed by atoms with Crippen molar-refractivity contribution in [3.63, 3.8) is 0 Å². The van der Waals surface area contributed by atoms with Gasteiger partial charge in [-0.25, -0.2) is 9.78 Å². The molecule has 1 spiro atoms. The van der Waals surface area contributed by atoms with Crippen molar-refractivity contribution in [3.05, 3.63) is 18.3 Å². The highest BCUT2D eigenvalue weighted by molar-refractivity contribution is 6.07. The van der Waals surface area contributed by atoms with E-state index >= 15 is 0 Å². The number of nitrogens with one attached hydrogen (secondary N) is 3. The van der Waals surface area contributed by atoms with Crippen molar-refractivity contribution in [2.75, 3.05) is 43.4 Å². The Kier molecular flexibility index (Phi) is 4.92. The minimum atomic E-state index is -0.834. The fourth-order valence-electron chi connectivity index (χ4n) is 4.18. The molecule has 4 rings (SSSR count). The molecule has 0 aromatic carbocycles.